The third-order valence-corrected chi connectivity index (χ3v) is 2.33. The fourth-order valence-electron chi connectivity index (χ4n) is 1.56. The number of imidazole rings is 1. The van der Waals surface area contributed by atoms with E-state index in [9.17, 15) is 4.79 Å². The average molecular weight is 216 g/mol. The number of aldehydes is 1. The van der Waals surface area contributed by atoms with E-state index in [0.29, 0.717) is 12.1 Å². The molecule has 82 valence electrons. The van der Waals surface area contributed by atoms with Crippen LogP contribution in [0.1, 0.15) is 21.9 Å². The molecule has 1 aromatic carbocycles. The topological polar surface area (TPSA) is 55.0 Å². The lowest BCUT2D eigenvalue weighted by Crippen LogP contribution is -1.95. The lowest BCUT2D eigenvalue weighted by molar-refractivity contribution is 0.111. The molecule has 0 bridgehead atoms. The highest BCUT2D eigenvalue weighted by Gasteiger charge is 2.05. The smallest absolute Gasteiger partial charge is 0.167 e. The summed E-state index contributed by atoms with van der Waals surface area (Å²) in [6, 6.07) is 7.74. The highest BCUT2D eigenvalue weighted by atomic mass is 16.5. The van der Waals surface area contributed by atoms with Crippen molar-refractivity contribution in [2.45, 2.75) is 6.42 Å². The van der Waals surface area contributed by atoms with Crippen LogP contribution in [0, 0.1) is 0 Å². The molecule has 4 nitrogen and oxygen atoms in total. The van der Waals surface area contributed by atoms with Crippen molar-refractivity contribution < 1.29 is 9.53 Å². The summed E-state index contributed by atoms with van der Waals surface area (Å²) in [5, 5.41) is 0. The molecule has 1 N–H and O–H groups in total. The number of nitrogens with zero attached hydrogens (tertiary/aromatic N) is 1. The number of carbonyl (C=O) groups is 1. The van der Waals surface area contributed by atoms with Crippen molar-refractivity contribution >= 4 is 6.29 Å². The van der Waals surface area contributed by atoms with Gasteiger partial charge in [-0.2, -0.15) is 0 Å². The number of nitrogens with one attached hydrogen (secondary N) is 1. The van der Waals surface area contributed by atoms with Gasteiger partial charge in [-0.3, -0.25) is 4.79 Å². The number of benzene rings is 1. The minimum atomic E-state index is 0.491. The minimum Gasteiger partial charge on any atom is -0.496 e. The summed E-state index contributed by atoms with van der Waals surface area (Å²) in [6.45, 7) is 0. The molecule has 0 aliphatic rings. The minimum absolute atomic E-state index is 0.491. The first-order valence-corrected chi connectivity index (χ1v) is 4.94. The fourth-order valence-corrected chi connectivity index (χ4v) is 1.56. The highest BCUT2D eigenvalue weighted by molar-refractivity contribution is 5.71. The molecule has 0 unspecified atom stereocenters. The number of aromatic amines is 1. The number of para-hydroxylation sites is 1. The summed E-state index contributed by atoms with van der Waals surface area (Å²) < 4.78 is 5.24. The third kappa shape index (κ3) is 2.11. The van der Waals surface area contributed by atoms with Crippen LogP contribution in [0.4, 0.5) is 0 Å². The largest absolute Gasteiger partial charge is 0.496 e. The van der Waals surface area contributed by atoms with Gasteiger partial charge in [-0.1, -0.05) is 18.2 Å². The number of H-pyrrole nitrogens is 1. The summed E-state index contributed by atoms with van der Waals surface area (Å²) in [6.07, 6.45) is 2.90. The first-order valence-electron chi connectivity index (χ1n) is 4.94. The first-order chi connectivity index (χ1) is 7.83. The number of methoxy groups -OCH3 is 1. The highest BCUT2D eigenvalue weighted by Crippen LogP contribution is 2.19. The Kier molecular flexibility index (Phi) is 3.00. The van der Waals surface area contributed by atoms with Gasteiger partial charge >= 0.3 is 0 Å². The van der Waals surface area contributed by atoms with E-state index >= 15 is 0 Å². The Labute approximate surface area is 93.3 Å². The average Bonchev–Trinajstić information content (AvgIpc) is 2.77. The van der Waals surface area contributed by atoms with E-state index in [1.54, 1.807) is 7.11 Å². The van der Waals surface area contributed by atoms with E-state index in [1.165, 1.54) is 6.20 Å². The van der Waals surface area contributed by atoms with Gasteiger partial charge in [0.1, 0.15) is 11.6 Å². The van der Waals surface area contributed by atoms with Crippen molar-refractivity contribution in [2.24, 2.45) is 0 Å². The molecule has 1 heterocycles. The lowest BCUT2D eigenvalue weighted by Gasteiger charge is -2.05. The second kappa shape index (κ2) is 4.61. The standard InChI is InChI=1S/C12H12N2O2/c1-16-11-5-3-2-4-9(11)6-12-13-7-10(8-15)14-12/h2-5,7-8H,6H2,1H3,(H,13,14). The Hall–Kier alpha value is -2.10. The van der Waals surface area contributed by atoms with E-state index in [1.807, 2.05) is 24.3 Å². The predicted molar refractivity (Wildman–Crippen MR) is 59.8 cm³/mol. The molecule has 0 fully saturated rings. The molecule has 16 heavy (non-hydrogen) atoms. The van der Waals surface area contributed by atoms with Gasteiger partial charge in [0, 0.05) is 12.0 Å². The molecule has 0 spiro atoms. The number of ether oxygens (including phenoxy) is 1. The zero-order chi connectivity index (χ0) is 11.4. The van der Waals surface area contributed by atoms with Gasteiger partial charge < -0.3 is 9.72 Å². The fraction of sp³-hybridized carbons (Fsp3) is 0.167. The van der Waals surface area contributed by atoms with Crippen molar-refractivity contribution in [3.8, 4) is 5.75 Å². The van der Waals surface area contributed by atoms with E-state index in [2.05, 4.69) is 9.97 Å². The van der Waals surface area contributed by atoms with E-state index in [0.717, 1.165) is 23.4 Å². The first kappa shape index (κ1) is 10.4. The summed E-state index contributed by atoms with van der Waals surface area (Å²) in [4.78, 5) is 17.5. The van der Waals surface area contributed by atoms with Gasteiger partial charge in [-0.05, 0) is 6.07 Å². The number of hydrogen-bond donors (Lipinski definition) is 1. The Morgan fingerprint density at radius 2 is 2.25 bits per heavy atom. The normalized spacial score (nSPS) is 10.1. The van der Waals surface area contributed by atoms with Gasteiger partial charge in [0.15, 0.2) is 6.29 Å². The quantitative estimate of drug-likeness (QED) is 0.793. The predicted octanol–water partition coefficient (Wildman–Crippen LogP) is 1.82. The molecule has 0 aliphatic heterocycles. The molecule has 0 saturated heterocycles. The van der Waals surface area contributed by atoms with Gasteiger partial charge in [-0.25, -0.2) is 4.98 Å². The Bertz CT molecular complexity index is 491. The van der Waals surface area contributed by atoms with Crippen LogP contribution in [-0.2, 0) is 6.42 Å². The number of carbonyl (C=O) groups excluding carboxylic acids is 1. The monoisotopic (exact) mass is 216 g/mol. The molecule has 0 atom stereocenters. The van der Waals surface area contributed by atoms with Crippen LogP contribution in [0.2, 0.25) is 0 Å². The summed E-state index contributed by atoms with van der Waals surface area (Å²) in [5.74, 6) is 1.58. The molecule has 2 rings (SSSR count). The van der Waals surface area contributed by atoms with Crippen molar-refractivity contribution in [1.29, 1.82) is 0 Å². The number of aromatic nitrogens is 2. The van der Waals surface area contributed by atoms with Crippen molar-refractivity contribution in [2.75, 3.05) is 7.11 Å². The number of hydrogen-bond acceptors (Lipinski definition) is 3. The molecular weight excluding hydrogens is 204 g/mol. The van der Waals surface area contributed by atoms with Gasteiger partial charge in [-0.15, -0.1) is 0 Å². The molecule has 0 saturated carbocycles. The van der Waals surface area contributed by atoms with E-state index < -0.39 is 0 Å². The SMILES string of the molecule is COc1ccccc1Cc1ncc(C=O)[nH]1. The molecule has 0 aliphatic carbocycles. The Morgan fingerprint density at radius 1 is 1.44 bits per heavy atom. The Morgan fingerprint density at radius 3 is 2.94 bits per heavy atom. The molecule has 0 radical (unpaired) electrons. The van der Waals surface area contributed by atoms with Crippen LogP contribution in [-0.4, -0.2) is 23.4 Å². The van der Waals surface area contributed by atoms with Crippen LogP contribution in [0.3, 0.4) is 0 Å². The maximum absolute atomic E-state index is 10.5. The summed E-state index contributed by atoms with van der Waals surface area (Å²) in [5.41, 5.74) is 1.53. The molecule has 1 aromatic heterocycles. The van der Waals surface area contributed by atoms with Crippen molar-refractivity contribution in [1.82, 2.24) is 9.97 Å². The maximum atomic E-state index is 10.5. The third-order valence-electron chi connectivity index (χ3n) is 2.33. The molecule has 4 heteroatoms. The lowest BCUT2D eigenvalue weighted by atomic mass is 10.1. The second-order valence-corrected chi connectivity index (χ2v) is 3.39. The van der Waals surface area contributed by atoms with E-state index in [4.69, 9.17) is 4.74 Å². The van der Waals surface area contributed by atoms with E-state index in [-0.39, 0.29) is 0 Å². The zero-order valence-electron chi connectivity index (χ0n) is 8.93. The van der Waals surface area contributed by atoms with Crippen LogP contribution < -0.4 is 4.74 Å². The van der Waals surface area contributed by atoms with Gasteiger partial charge in [0.05, 0.1) is 19.0 Å². The molecule has 0 amide bonds. The number of rotatable bonds is 4. The molecule has 2 aromatic rings. The molecular formula is C12H12N2O2. The van der Waals surface area contributed by atoms with Gasteiger partial charge in [0.25, 0.3) is 0 Å². The van der Waals surface area contributed by atoms with Crippen LogP contribution in [0.25, 0.3) is 0 Å². The maximum Gasteiger partial charge on any atom is 0.167 e. The second-order valence-electron chi connectivity index (χ2n) is 3.39. The van der Waals surface area contributed by atoms with Crippen molar-refractivity contribution in [3.63, 3.8) is 0 Å². The Balaban J connectivity index is 2.22. The summed E-state index contributed by atoms with van der Waals surface area (Å²) in [7, 11) is 1.64. The van der Waals surface area contributed by atoms with Crippen molar-refractivity contribution in [3.05, 3.63) is 47.5 Å². The zero-order valence-corrected chi connectivity index (χ0v) is 8.93. The van der Waals surface area contributed by atoms with Gasteiger partial charge in [0.2, 0.25) is 0 Å². The van der Waals surface area contributed by atoms with Crippen LogP contribution in [0.5, 0.6) is 5.75 Å². The van der Waals surface area contributed by atoms with Crippen LogP contribution in [0.15, 0.2) is 30.5 Å². The summed E-state index contributed by atoms with van der Waals surface area (Å²) >= 11 is 0. The van der Waals surface area contributed by atoms with Crippen LogP contribution >= 0.6 is 0 Å².